The molecule has 1 heterocycles. The van der Waals surface area contributed by atoms with Crippen LogP contribution in [0.4, 0.5) is 5.69 Å². The van der Waals surface area contributed by atoms with E-state index in [1.807, 2.05) is 0 Å². The molecule has 0 unspecified atom stereocenters. The molecule has 16 heavy (non-hydrogen) atoms. The minimum atomic E-state index is -0.627. The molecular weight excluding hydrogens is 290 g/mol. The third-order valence-corrected chi connectivity index (χ3v) is 3.70. The van der Waals surface area contributed by atoms with E-state index in [-0.39, 0.29) is 10.9 Å². The third-order valence-electron chi connectivity index (χ3n) is 2.68. The van der Waals surface area contributed by atoms with Crippen molar-refractivity contribution in [2.45, 2.75) is 12.8 Å². The van der Waals surface area contributed by atoms with Crippen molar-refractivity contribution < 1.29 is 4.79 Å². The predicted molar refractivity (Wildman–Crippen MR) is 69.0 cm³/mol. The highest BCUT2D eigenvalue weighted by Crippen LogP contribution is 2.47. The van der Waals surface area contributed by atoms with Crippen LogP contribution in [0.2, 0.25) is 0 Å². The molecule has 1 aromatic heterocycles. The van der Waals surface area contributed by atoms with Gasteiger partial charge < -0.3 is 11.1 Å². The molecule has 0 aromatic carbocycles. The molecule has 1 fully saturated rings. The standard InChI is InChI=1S/C10H10BrN3OS/c11-6-5-13-4-1-7(6)14-9(15)10(2-3-10)8(12)16/h1,4-5H,2-3H2,(H2,12,16)(H,13,14,15). The van der Waals surface area contributed by atoms with Gasteiger partial charge in [0.1, 0.15) is 0 Å². The fourth-order valence-corrected chi connectivity index (χ4v) is 2.08. The lowest BCUT2D eigenvalue weighted by atomic mass is 10.1. The van der Waals surface area contributed by atoms with Crippen molar-refractivity contribution in [3.63, 3.8) is 0 Å². The summed E-state index contributed by atoms with van der Waals surface area (Å²) in [4.78, 5) is 16.2. The summed E-state index contributed by atoms with van der Waals surface area (Å²) in [6.45, 7) is 0. The number of thiocarbonyl (C=S) groups is 1. The zero-order chi connectivity index (χ0) is 11.8. The molecule has 1 amide bonds. The summed E-state index contributed by atoms with van der Waals surface area (Å²) in [7, 11) is 0. The van der Waals surface area contributed by atoms with Gasteiger partial charge >= 0.3 is 0 Å². The monoisotopic (exact) mass is 299 g/mol. The van der Waals surface area contributed by atoms with Gasteiger partial charge in [-0.25, -0.2) is 0 Å². The number of nitrogens with two attached hydrogens (primary N) is 1. The van der Waals surface area contributed by atoms with Crippen LogP contribution in [0.3, 0.4) is 0 Å². The third kappa shape index (κ3) is 1.94. The van der Waals surface area contributed by atoms with Crippen LogP contribution < -0.4 is 11.1 Å². The zero-order valence-corrected chi connectivity index (χ0v) is 10.8. The van der Waals surface area contributed by atoms with Crippen LogP contribution in [0.5, 0.6) is 0 Å². The second-order valence-electron chi connectivity index (χ2n) is 3.76. The van der Waals surface area contributed by atoms with Crippen LogP contribution in [0.1, 0.15) is 12.8 Å². The minimum Gasteiger partial charge on any atom is -0.392 e. The largest absolute Gasteiger partial charge is 0.392 e. The second kappa shape index (κ2) is 4.10. The van der Waals surface area contributed by atoms with Crippen molar-refractivity contribution >= 4 is 44.7 Å². The highest BCUT2D eigenvalue weighted by molar-refractivity contribution is 9.10. The van der Waals surface area contributed by atoms with Crippen molar-refractivity contribution in [1.29, 1.82) is 0 Å². The lowest BCUT2D eigenvalue weighted by molar-refractivity contribution is -0.118. The summed E-state index contributed by atoms with van der Waals surface area (Å²) in [5.41, 5.74) is 5.63. The molecular formula is C10H10BrN3OS. The van der Waals surface area contributed by atoms with Crippen LogP contribution in [-0.4, -0.2) is 15.9 Å². The van der Waals surface area contributed by atoms with E-state index in [2.05, 4.69) is 26.2 Å². The van der Waals surface area contributed by atoms with E-state index < -0.39 is 5.41 Å². The molecule has 3 N–H and O–H groups in total. The molecule has 1 aliphatic rings. The van der Waals surface area contributed by atoms with Gasteiger partial charge in [0, 0.05) is 12.4 Å². The van der Waals surface area contributed by atoms with Gasteiger partial charge in [0.05, 0.1) is 20.6 Å². The highest BCUT2D eigenvalue weighted by Gasteiger charge is 2.52. The number of aromatic nitrogens is 1. The van der Waals surface area contributed by atoms with E-state index in [0.717, 1.165) is 17.3 Å². The molecule has 84 valence electrons. The average molecular weight is 300 g/mol. The topological polar surface area (TPSA) is 68.0 Å². The van der Waals surface area contributed by atoms with Gasteiger partial charge in [-0.2, -0.15) is 0 Å². The Hall–Kier alpha value is -1.01. The van der Waals surface area contributed by atoms with Gasteiger partial charge in [-0.05, 0) is 34.8 Å². The fraction of sp³-hybridized carbons (Fsp3) is 0.300. The lowest BCUT2D eigenvalue weighted by Crippen LogP contribution is -2.35. The Kier molecular flexibility index (Phi) is 2.94. The van der Waals surface area contributed by atoms with Crippen LogP contribution in [0, 0.1) is 5.41 Å². The minimum absolute atomic E-state index is 0.132. The Bertz CT molecular complexity index is 459. The predicted octanol–water partition coefficient (Wildman–Crippen LogP) is 1.85. The zero-order valence-electron chi connectivity index (χ0n) is 8.37. The van der Waals surface area contributed by atoms with Gasteiger partial charge in [-0.1, -0.05) is 12.2 Å². The maximum Gasteiger partial charge on any atom is 0.237 e. The summed E-state index contributed by atoms with van der Waals surface area (Å²) >= 11 is 8.22. The smallest absolute Gasteiger partial charge is 0.237 e. The maximum atomic E-state index is 12.0. The van der Waals surface area contributed by atoms with Crippen LogP contribution >= 0.6 is 28.1 Å². The molecule has 1 aliphatic carbocycles. The maximum absolute atomic E-state index is 12.0. The Balaban J connectivity index is 2.15. The van der Waals surface area contributed by atoms with Crippen molar-refractivity contribution in [1.82, 2.24) is 4.98 Å². The first-order chi connectivity index (χ1) is 7.56. The highest BCUT2D eigenvalue weighted by atomic mass is 79.9. The number of rotatable bonds is 3. The number of pyridine rings is 1. The van der Waals surface area contributed by atoms with E-state index in [1.54, 1.807) is 18.5 Å². The molecule has 4 nitrogen and oxygen atoms in total. The van der Waals surface area contributed by atoms with Gasteiger partial charge in [0.2, 0.25) is 5.91 Å². The van der Waals surface area contributed by atoms with E-state index in [0.29, 0.717) is 5.69 Å². The Morgan fingerprint density at radius 2 is 2.31 bits per heavy atom. The first-order valence-corrected chi connectivity index (χ1v) is 5.97. The number of hydrogen-bond acceptors (Lipinski definition) is 3. The van der Waals surface area contributed by atoms with Crippen molar-refractivity contribution in [3.05, 3.63) is 22.9 Å². The molecule has 2 rings (SSSR count). The van der Waals surface area contributed by atoms with Gasteiger partial charge in [-0.15, -0.1) is 0 Å². The Morgan fingerprint density at radius 1 is 1.62 bits per heavy atom. The van der Waals surface area contributed by atoms with Gasteiger partial charge in [-0.3, -0.25) is 9.78 Å². The lowest BCUT2D eigenvalue weighted by Gasteiger charge is -2.14. The summed E-state index contributed by atoms with van der Waals surface area (Å²) in [6.07, 6.45) is 4.70. The van der Waals surface area contributed by atoms with Gasteiger partial charge in [0.25, 0.3) is 0 Å². The number of halogens is 1. The SMILES string of the molecule is NC(=S)C1(C(=O)Nc2ccncc2Br)CC1. The Labute approximate surface area is 107 Å². The number of amides is 1. The van der Waals surface area contributed by atoms with Gasteiger partial charge in [0.15, 0.2) is 0 Å². The first kappa shape index (κ1) is 11.5. The number of nitrogens with one attached hydrogen (secondary N) is 1. The molecule has 1 saturated carbocycles. The number of carbonyl (C=O) groups excluding carboxylic acids is 1. The average Bonchev–Trinajstić information content (AvgIpc) is 3.02. The second-order valence-corrected chi connectivity index (χ2v) is 5.05. The molecule has 0 aliphatic heterocycles. The van der Waals surface area contributed by atoms with Crippen molar-refractivity contribution in [2.24, 2.45) is 11.1 Å². The van der Waals surface area contributed by atoms with Crippen molar-refractivity contribution in [3.8, 4) is 0 Å². The quantitative estimate of drug-likeness (QED) is 0.836. The molecule has 1 aromatic rings. The summed E-state index contributed by atoms with van der Waals surface area (Å²) in [5.74, 6) is -0.132. The molecule has 0 saturated heterocycles. The number of carbonyl (C=O) groups is 1. The molecule has 0 bridgehead atoms. The summed E-state index contributed by atoms with van der Waals surface area (Å²) < 4.78 is 0.738. The molecule has 6 heteroatoms. The van der Waals surface area contributed by atoms with E-state index >= 15 is 0 Å². The van der Waals surface area contributed by atoms with E-state index in [4.69, 9.17) is 18.0 Å². The Morgan fingerprint density at radius 3 is 2.81 bits per heavy atom. The fourth-order valence-electron chi connectivity index (χ4n) is 1.43. The molecule has 0 radical (unpaired) electrons. The number of anilines is 1. The van der Waals surface area contributed by atoms with Crippen molar-refractivity contribution in [2.75, 3.05) is 5.32 Å². The normalized spacial score (nSPS) is 16.6. The van der Waals surface area contributed by atoms with Crippen LogP contribution in [0.15, 0.2) is 22.9 Å². The summed E-state index contributed by atoms with van der Waals surface area (Å²) in [6, 6.07) is 1.72. The van der Waals surface area contributed by atoms with Crippen LogP contribution in [-0.2, 0) is 4.79 Å². The van der Waals surface area contributed by atoms with E-state index in [9.17, 15) is 4.79 Å². The first-order valence-electron chi connectivity index (χ1n) is 4.77. The van der Waals surface area contributed by atoms with Crippen LogP contribution in [0.25, 0.3) is 0 Å². The molecule has 0 spiro atoms. The number of hydrogen-bond donors (Lipinski definition) is 2. The van der Waals surface area contributed by atoms with E-state index in [1.165, 1.54) is 0 Å². The summed E-state index contributed by atoms with van der Waals surface area (Å²) in [5, 5.41) is 2.80. The molecule has 0 atom stereocenters. The number of nitrogens with zero attached hydrogens (tertiary/aromatic N) is 1.